The third kappa shape index (κ3) is 0.557. The molecule has 2 nitrogen and oxygen atoms in total. The fourth-order valence-corrected chi connectivity index (χ4v) is 0.241. The van der Waals surface area contributed by atoms with Gasteiger partial charge in [-0.15, -0.1) is 0 Å². The van der Waals surface area contributed by atoms with Crippen LogP contribution in [0.15, 0.2) is 0 Å². The van der Waals surface area contributed by atoms with Gasteiger partial charge in [-0.25, -0.2) is 0 Å². The largest absolute Gasteiger partial charge is 0.492 e. The van der Waals surface area contributed by atoms with E-state index in [0.717, 1.165) is 0 Å². The molecule has 6 heavy (non-hydrogen) atoms. The van der Waals surface area contributed by atoms with Crippen molar-refractivity contribution >= 4 is 7.69 Å². The molecule has 0 unspecified atom stereocenters. The smallest absolute Gasteiger partial charge is 0.386 e. The minimum absolute atomic E-state index is 0.333. The first-order chi connectivity index (χ1) is 2.71. The van der Waals surface area contributed by atoms with E-state index in [0.29, 0.717) is 0 Å². The summed E-state index contributed by atoms with van der Waals surface area (Å²) in [6.07, 6.45) is 0. The highest BCUT2D eigenvalue weighted by Crippen LogP contribution is 2.17. The molecule has 0 aromatic heterocycles. The summed E-state index contributed by atoms with van der Waals surface area (Å²) in [5, 5.41) is 0. The van der Waals surface area contributed by atoms with Gasteiger partial charge in [0.1, 0.15) is 5.79 Å². The van der Waals surface area contributed by atoms with E-state index >= 15 is 0 Å². The molecule has 0 amide bonds. The first-order valence-electron chi connectivity index (χ1n) is 1.88. The molecule has 1 heterocycles. The van der Waals surface area contributed by atoms with Crippen LogP contribution < -0.4 is 0 Å². The standard InChI is InChI=1S/C3H6BO2/c1-3(2)5-4-6-3/h1-2H3. The quantitative estimate of drug-likeness (QED) is 0.394. The Balaban J connectivity index is 2.31. The minimum atomic E-state index is -0.333. The summed E-state index contributed by atoms with van der Waals surface area (Å²) in [5.74, 6) is -0.333. The van der Waals surface area contributed by atoms with E-state index in [-0.39, 0.29) is 5.79 Å². The zero-order valence-electron chi connectivity index (χ0n) is 3.89. The van der Waals surface area contributed by atoms with Crippen molar-refractivity contribution in [3.8, 4) is 0 Å². The summed E-state index contributed by atoms with van der Waals surface area (Å²) in [5.41, 5.74) is 0. The number of hydrogen-bond donors (Lipinski definition) is 0. The van der Waals surface area contributed by atoms with E-state index in [1.54, 1.807) is 0 Å². The van der Waals surface area contributed by atoms with E-state index in [9.17, 15) is 0 Å². The molecule has 1 rings (SSSR count). The average Bonchev–Trinajstić information content (AvgIpc) is 1.32. The van der Waals surface area contributed by atoms with Gasteiger partial charge < -0.3 is 9.31 Å². The molecule has 0 aromatic rings. The molecular weight excluding hydrogens is 78.8 g/mol. The van der Waals surface area contributed by atoms with Gasteiger partial charge in [0.2, 0.25) is 0 Å². The van der Waals surface area contributed by atoms with Gasteiger partial charge in [0, 0.05) is 0 Å². The van der Waals surface area contributed by atoms with Crippen molar-refractivity contribution in [2.75, 3.05) is 0 Å². The Kier molecular flexibility index (Phi) is 0.679. The Labute approximate surface area is 37.7 Å². The zero-order chi connectivity index (χ0) is 4.62. The molecule has 0 bridgehead atoms. The van der Waals surface area contributed by atoms with Crippen molar-refractivity contribution in [2.45, 2.75) is 19.6 Å². The van der Waals surface area contributed by atoms with Gasteiger partial charge in [-0.05, 0) is 13.8 Å². The molecule has 0 N–H and O–H groups in total. The van der Waals surface area contributed by atoms with Crippen LogP contribution in [-0.2, 0) is 9.31 Å². The third-order valence-electron chi connectivity index (χ3n) is 0.664. The van der Waals surface area contributed by atoms with E-state index in [1.165, 1.54) is 7.69 Å². The molecule has 1 aliphatic rings. The van der Waals surface area contributed by atoms with Crippen LogP contribution in [0, 0.1) is 0 Å². The number of hydrogen-bond acceptors (Lipinski definition) is 2. The minimum Gasteiger partial charge on any atom is -0.386 e. The molecule has 3 heteroatoms. The highest BCUT2D eigenvalue weighted by atomic mass is 16.8. The summed E-state index contributed by atoms with van der Waals surface area (Å²) in [6, 6.07) is 0. The summed E-state index contributed by atoms with van der Waals surface area (Å²) in [4.78, 5) is 0. The lowest BCUT2D eigenvalue weighted by molar-refractivity contribution is -0.176. The Hall–Kier alpha value is -0.0151. The summed E-state index contributed by atoms with van der Waals surface area (Å²) in [7, 11) is 1.33. The highest BCUT2D eigenvalue weighted by Gasteiger charge is 2.29. The lowest BCUT2D eigenvalue weighted by atomic mass is 10.2. The lowest BCUT2D eigenvalue weighted by Crippen LogP contribution is -2.43. The van der Waals surface area contributed by atoms with Crippen LogP contribution in [0.3, 0.4) is 0 Å². The predicted octanol–water partition coefficient (Wildman–Crippen LogP) is 0.303. The van der Waals surface area contributed by atoms with E-state index in [2.05, 4.69) is 0 Å². The molecule has 0 saturated carbocycles. The molecular formula is C3H6BO2. The first-order valence-corrected chi connectivity index (χ1v) is 1.88. The van der Waals surface area contributed by atoms with Crippen LogP contribution in [0.5, 0.6) is 0 Å². The predicted molar refractivity (Wildman–Crippen MR) is 22.0 cm³/mol. The summed E-state index contributed by atoms with van der Waals surface area (Å²) in [6.45, 7) is 3.71. The van der Waals surface area contributed by atoms with Gasteiger partial charge >= 0.3 is 7.69 Å². The molecule has 0 aromatic carbocycles. The Morgan fingerprint density at radius 3 is 1.67 bits per heavy atom. The second-order valence-electron chi connectivity index (χ2n) is 1.73. The van der Waals surface area contributed by atoms with Gasteiger partial charge in [0.25, 0.3) is 0 Å². The SMILES string of the molecule is CC1(C)O[B]O1. The van der Waals surface area contributed by atoms with Gasteiger partial charge in [0.05, 0.1) is 0 Å². The van der Waals surface area contributed by atoms with Gasteiger partial charge in [-0.1, -0.05) is 0 Å². The normalized spacial score (nSPS) is 27.7. The zero-order valence-corrected chi connectivity index (χ0v) is 3.89. The second-order valence-corrected chi connectivity index (χ2v) is 1.73. The Morgan fingerprint density at radius 1 is 1.33 bits per heavy atom. The molecule has 1 saturated heterocycles. The molecule has 33 valence electrons. The van der Waals surface area contributed by atoms with Crippen LogP contribution in [0.25, 0.3) is 0 Å². The fourth-order valence-electron chi connectivity index (χ4n) is 0.241. The summed E-state index contributed by atoms with van der Waals surface area (Å²) >= 11 is 0. The van der Waals surface area contributed by atoms with E-state index < -0.39 is 0 Å². The van der Waals surface area contributed by atoms with Crippen molar-refractivity contribution in [3.05, 3.63) is 0 Å². The first kappa shape index (κ1) is 4.15. The highest BCUT2D eigenvalue weighted by molar-refractivity contribution is 6.21. The second kappa shape index (κ2) is 0.981. The maximum atomic E-state index is 4.77. The number of rotatable bonds is 0. The van der Waals surface area contributed by atoms with Crippen LogP contribution >= 0.6 is 0 Å². The average molecular weight is 84.9 g/mol. The molecule has 1 radical (unpaired) electrons. The van der Waals surface area contributed by atoms with Crippen LogP contribution in [0.4, 0.5) is 0 Å². The van der Waals surface area contributed by atoms with Crippen LogP contribution in [0.1, 0.15) is 13.8 Å². The van der Waals surface area contributed by atoms with Crippen molar-refractivity contribution in [2.24, 2.45) is 0 Å². The van der Waals surface area contributed by atoms with Crippen molar-refractivity contribution in [3.63, 3.8) is 0 Å². The van der Waals surface area contributed by atoms with Gasteiger partial charge in [-0.2, -0.15) is 0 Å². The van der Waals surface area contributed by atoms with Crippen LogP contribution in [0.2, 0.25) is 0 Å². The van der Waals surface area contributed by atoms with E-state index in [4.69, 9.17) is 9.31 Å². The van der Waals surface area contributed by atoms with Crippen LogP contribution in [-0.4, -0.2) is 13.5 Å². The van der Waals surface area contributed by atoms with Gasteiger partial charge in [-0.3, -0.25) is 0 Å². The lowest BCUT2D eigenvalue weighted by Gasteiger charge is -2.33. The topological polar surface area (TPSA) is 18.5 Å². The van der Waals surface area contributed by atoms with Crippen molar-refractivity contribution < 1.29 is 9.31 Å². The third-order valence-corrected chi connectivity index (χ3v) is 0.664. The van der Waals surface area contributed by atoms with E-state index in [1.807, 2.05) is 13.8 Å². The maximum absolute atomic E-state index is 4.77. The monoisotopic (exact) mass is 85.0 g/mol. The van der Waals surface area contributed by atoms with Gasteiger partial charge in [0.15, 0.2) is 0 Å². The molecule has 0 atom stereocenters. The summed E-state index contributed by atoms with van der Waals surface area (Å²) < 4.78 is 9.54. The molecule has 1 fully saturated rings. The van der Waals surface area contributed by atoms with Crippen molar-refractivity contribution in [1.82, 2.24) is 0 Å². The maximum Gasteiger partial charge on any atom is 0.492 e. The fraction of sp³-hybridized carbons (Fsp3) is 1.00. The van der Waals surface area contributed by atoms with Crippen molar-refractivity contribution in [1.29, 1.82) is 0 Å². The molecule has 1 aliphatic heterocycles. The molecule has 0 spiro atoms. The Bertz CT molecular complexity index is 55.8. The molecule has 0 aliphatic carbocycles. The Morgan fingerprint density at radius 2 is 1.67 bits per heavy atom.